The standard InChI is InChI=1S/C23H28N2O4S/c1-23(2,19-9-12-25(13-10-19)22(26)27)15-21(18-7-5-11-24-16-18)17-6-4-8-20(14-17)30(3,28)29/h4-8,11,14-16,19H,9-10,12-13H2,1-3H3,(H,26,27). The fraction of sp³-hybridized carbons (Fsp3) is 0.391. The summed E-state index contributed by atoms with van der Waals surface area (Å²) in [7, 11) is -3.32. The number of hydrogen-bond acceptors (Lipinski definition) is 4. The summed E-state index contributed by atoms with van der Waals surface area (Å²) in [6, 6.07) is 10.8. The first kappa shape index (κ1) is 22.0. The number of carbonyl (C=O) groups is 1. The van der Waals surface area contributed by atoms with Gasteiger partial charge in [0.05, 0.1) is 4.90 Å². The first-order valence-corrected chi connectivity index (χ1v) is 11.9. The van der Waals surface area contributed by atoms with Crippen molar-refractivity contribution < 1.29 is 18.3 Å². The molecular formula is C23H28N2O4S. The SMILES string of the molecule is CC(C)(C=C(c1cccnc1)c1cccc(S(C)(=O)=O)c1)C1CCN(C(=O)O)CC1. The van der Waals surface area contributed by atoms with Crippen molar-refractivity contribution in [2.45, 2.75) is 31.6 Å². The van der Waals surface area contributed by atoms with E-state index in [4.69, 9.17) is 0 Å². The summed E-state index contributed by atoms with van der Waals surface area (Å²) in [5, 5.41) is 9.22. The van der Waals surface area contributed by atoms with Crippen molar-refractivity contribution in [1.29, 1.82) is 0 Å². The number of aromatic nitrogens is 1. The first-order valence-electron chi connectivity index (χ1n) is 9.99. The minimum atomic E-state index is -3.32. The molecule has 0 unspecified atom stereocenters. The van der Waals surface area contributed by atoms with E-state index in [9.17, 15) is 18.3 Å². The van der Waals surface area contributed by atoms with Crippen molar-refractivity contribution >= 4 is 21.5 Å². The molecule has 7 heteroatoms. The number of amides is 1. The molecule has 1 aromatic carbocycles. The summed E-state index contributed by atoms with van der Waals surface area (Å²) >= 11 is 0. The molecule has 1 N–H and O–H groups in total. The van der Waals surface area contributed by atoms with Gasteiger partial charge in [0.1, 0.15) is 0 Å². The number of rotatable bonds is 5. The van der Waals surface area contributed by atoms with Crippen molar-refractivity contribution in [3.63, 3.8) is 0 Å². The largest absolute Gasteiger partial charge is 0.465 e. The van der Waals surface area contributed by atoms with E-state index < -0.39 is 15.9 Å². The highest BCUT2D eigenvalue weighted by molar-refractivity contribution is 7.90. The Bertz CT molecular complexity index is 1040. The van der Waals surface area contributed by atoms with Gasteiger partial charge in [-0.3, -0.25) is 4.98 Å². The van der Waals surface area contributed by atoms with Crippen molar-refractivity contribution in [3.8, 4) is 0 Å². The number of carboxylic acid groups (broad SMARTS) is 1. The van der Waals surface area contributed by atoms with Crippen LogP contribution >= 0.6 is 0 Å². The molecule has 0 aliphatic carbocycles. The summed E-state index contributed by atoms with van der Waals surface area (Å²) < 4.78 is 24.2. The van der Waals surface area contributed by atoms with Crippen LogP contribution in [0.25, 0.3) is 5.57 Å². The molecule has 0 bridgehead atoms. The van der Waals surface area contributed by atoms with Gasteiger partial charge in [-0.15, -0.1) is 0 Å². The average molecular weight is 429 g/mol. The van der Waals surface area contributed by atoms with Crippen LogP contribution in [0.5, 0.6) is 0 Å². The lowest BCUT2D eigenvalue weighted by Crippen LogP contribution is -2.41. The van der Waals surface area contributed by atoms with Gasteiger partial charge in [-0.25, -0.2) is 13.2 Å². The summed E-state index contributed by atoms with van der Waals surface area (Å²) in [4.78, 5) is 17.2. The second-order valence-corrected chi connectivity index (χ2v) is 10.5. The van der Waals surface area contributed by atoms with E-state index >= 15 is 0 Å². The molecule has 160 valence electrons. The van der Waals surface area contributed by atoms with Crippen molar-refractivity contribution in [2.24, 2.45) is 11.3 Å². The monoisotopic (exact) mass is 428 g/mol. The number of likely N-dealkylation sites (tertiary alicyclic amines) is 1. The molecule has 0 radical (unpaired) electrons. The lowest BCUT2D eigenvalue weighted by atomic mass is 9.72. The number of nitrogens with zero attached hydrogens (tertiary/aromatic N) is 2. The molecule has 3 rings (SSSR count). The lowest BCUT2D eigenvalue weighted by molar-refractivity contribution is 0.104. The van der Waals surface area contributed by atoms with Gasteiger partial charge in [-0.2, -0.15) is 0 Å². The Kier molecular flexibility index (Phi) is 6.31. The zero-order valence-electron chi connectivity index (χ0n) is 17.6. The van der Waals surface area contributed by atoms with Crippen molar-refractivity contribution in [1.82, 2.24) is 9.88 Å². The molecule has 0 spiro atoms. The highest BCUT2D eigenvalue weighted by Gasteiger charge is 2.33. The van der Waals surface area contributed by atoms with Gasteiger partial charge < -0.3 is 10.0 Å². The number of sulfone groups is 1. The van der Waals surface area contributed by atoms with Gasteiger partial charge in [0, 0.05) is 37.3 Å². The average Bonchev–Trinajstić information content (AvgIpc) is 2.72. The van der Waals surface area contributed by atoms with Gasteiger partial charge in [0.25, 0.3) is 0 Å². The van der Waals surface area contributed by atoms with Gasteiger partial charge in [0.15, 0.2) is 9.84 Å². The van der Waals surface area contributed by atoms with Crippen LogP contribution in [0.4, 0.5) is 4.79 Å². The minimum absolute atomic E-state index is 0.211. The van der Waals surface area contributed by atoms with E-state index in [2.05, 4.69) is 24.9 Å². The van der Waals surface area contributed by atoms with Crippen LogP contribution in [0.2, 0.25) is 0 Å². The fourth-order valence-corrected chi connectivity index (χ4v) is 4.72. The van der Waals surface area contributed by atoms with E-state index in [-0.39, 0.29) is 10.3 Å². The number of piperidine rings is 1. The summed E-state index contributed by atoms with van der Waals surface area (Å²) in [6.45, 7) is 5.38. The van der Waals surface area contributed by atoms with E-state index in [1.807, 2.05) is 18.2 Å². The third kappa shape index (κ3) is 5.08. The van der Waals surface area contributed by atoms with Gasteiger partial charge in [0.2, 0.25) is 0 Å². The van der Waals surface area contributed by atoms with Crippen LogP contribution in [0.3, 0.4) is 0 Å². The molecule has 1 aromatic heterocycles. The normalized spacial score (nSPS) is 16.5. The van der Waals surface area contributed by atoms with Crippen LogP contribution in [0, 0.1) is 11.3 Å². The summed E-state index contributed by atoms with van der Waals surface area (Å²) in [6.07, 6.45) is 7.60. The molecule has 0 atom stereocenters. The zero-order valence-corrected chi connectivity index (χ0v) is 18.4. The van der Waals surface area contributed by atoms with Crippen LogP contribution in [-0.2, 0) is 9.84 Å². The predicted octanol–water partition coefficient (Wildman–Crippen LogP) is 4.33. The molecule has 1 aliphatic rings. The second-order valence-electron chi connectivity index (χ2n) is 8.46. The van der Waals surface area contributed by atoms with Crippen LogP contribution in [0.15, 0.2) is 59.8 Å². The molecule has 1 fully saturated rings. The Morgan fingerprint density at radius 1 is 1.17 bits per heavy atom. The molecule has 2 heterocycles. The molecular weight excluding hydrogens is 400 g/mol. The fourth-order valence-electron chi connectivity index (χ4n) is 4.05. The molecule has 6 nitrogen and oxygen atoms in total. The Morgan fingerprint density at radius 2 is 1.83 bits per heavy atom. The Hall–Kier alpha value is -2.67. The van der Waals surface area contributed by atoms with E-state index in [1.165, 1.54) is 11.2 Å². The lowest BCUT2D eigenvalue weighted by Gasteiger charge is -2.39. The quantitative estimate of drug-likeness (QED) is 0.766. The zero-order chi connectivity index (χ0) is 21.9. The van der Waals surface area contributed by atoms with E-state index in [0.717, 1.165) is 29.5 Å². The predicted molar refractivity (Wildman–Crippen MR) is 117 cm³/mol. The maximum atomic E-state index is 12.1. The number of hydrogen-bond donors (Lipinski definition) is 1. The first-order chi connectivity index (χ1) is 14.1. The van der Waals surface area contributed by atoms with Gasteiger partial charge in [-0.1, -0.05) is 38.1 Å². The van der Waals surface area contributed by atoms with Crippen molar-refractivity contribution in [2.75, 3.05) is 19.3 Å². The van der Waals surface area contributed by atoms with E-state index in [0.29, 0.717) is 19.0 Å². The van der Waals surface area contributed by atoms with Crippen LogP contribution in [-0.4, -0.2) is 48.8 Å². The molecule has 1 aliphatic heterocycles. The van der Waals surface area contributed by atoms with Gasteiger partial charge in [-0.05, 0) is 53.5 Å². The summed E-state index contributed by atoms with van der Waals surface area (Å²) in [5.74, 6) is 0.317. The number of benzene rings is 1. The minimum Gasteiger partial charge on any atom is -0.465 e. The highest BCUT2D eigenvalue weighted by atomic mass is 32.2. The molecule has 1 amide bonds. The Morgan fingerprint density at radius 3 is 2.40 bits per heavy atom. The maximum absolute atomic E-state index is 12.1. The molecule has 1 saturated heterocycles. The summed E-state index contributed by atoms with van der Waals surface area (Å²) in [5.41, 5.74) is 2.46. The third-order valence-electron chi connectivity index (χ3n) is 5.88. The number of pyridine rings is 1. The second kappa shape index (κ2) is 8.60. The molecule has 0 saturated carbocycles. The third-order valence-corrected chi connectivity index (χ3v) is 6.99. The highest BCUT2D eigenvalue weighted by Crippen LogP contribution is 2.40. The maximum Gasteiger partial charge on any atom is 0.407 e. The van der Waals surface area contributed by atoms with Gasteiger partial charge >= 0.3 is 6.09 Å². The topological polar surface area (TPSA) is 87.6 Å². The van der Waals surface area contributed by atoms with Crippen LogP contribution < -0.4 is 0 Å². The van der Waals surface area contributed by atoms with E-state index in [1.54, 1.807) is 30.6 Å². The Labute approximate surface area is 178 Å². The molecule has 2 aromatic rings. The van der Waals surface area contributed by atoms with Crippen molar-refractivity contribution in [3.05, 3.63) is 66.0 Å². The van der Waals surface area contributed by atoms with Crippen LogP contribution in [0.1, 0.15) is 37.8 Å². The Balaban J connectivity index is 2.01. The number of allylic oxidation sites excluding steroid dienone is 1. The molecule has 30 heavy (non-hydrogen) atoms. The smallest absolute Gasteiger partial charge is 0.407 e.